The number of nitrogens with two attached hydrogens (primary N) is 1. The molecule has 0 unspecified atom stereocenters. The standard InChI is InChI=1S/C6H4F2IN3O4S/c7-5(8)3-2(9)1-11-6(12(13)14)4(3)17(10,15)16/h1,5H,(H2,10,15,16). The van der Waals surface area contributed by atoms with Crippen molar-refractivity contribution in [3.63, 3.8) is 0 Å². The summed E-state index contributed by atoms with van der Waals surface area (Å²) in [6, 6.07) is 0. The van der Waals surface area contributed by atoms with Crippen molar-refractivity contribution in [2.24, 2.45) is 5.14 Å². The minimum Gasteiger partial charge on any atom is -0.358 e. The van der Waals surface area contributed by atoms with Gasteiger partial charge in [0.2, 0.25) is 10.0 Å². The van der Waals surface area contributed by atoms with Gasteiger partial charge >= 0.3 is 5.82 Å². The van der Waals surface area contributed by atoms with Crippen LogP contribution in [0.3, 0.4) is 0 Å². The van der Waals surface area contributed by atoms with E-state index in [-0.39, 0.29) is 3.57 Å². The molecule has 0 aromatic carbocycles. The van der Waals surface area contributed by atoms with Gasteiger partial charge in [0.25, 0.3) is 6.43 Å². The van der Waals surface area contributed by atoms with Crippen LogP contribution in [-0.2, 0) is 10.0 Å². The molecule has 0 atom stereocenters. The number of primary sulfonamides is 1. The second-order valence-electron chi connectivity index (χ2n) is 2.78. The van der Waals surface area contributed by atoms with E-state index in [0.29, 0.717) is 0 Å². The number of alkyl halides is 2. The number of nitro groups is 1. The lowest BCUT2D eigenvalue weighted by molar-refractivity contribution is -0.392. The summed E-state index contributed by atoms with van der Waals surface area (Å²) in [5, 5.41) is 15.2. The molecular weight excluding hydrogens is 375 g/mol. The summed E-state index contributed by atoms with van der Waals surface area (Å²) in [5.74, 6) is -1.21. The second kappa shape index (κ2) is 4.73. The van der Waals surface area contributed by atoms with Crippen molar-refractivity contribution in [2.75, 3.05) is 0 Å². The summed E-state index contributed by atoms with van der Waals surface area (Å²) in [4.78, 5) is 11.3. The van der Waals surface area contributed by atoms with E-state index in [4.69, 9.17) is 5.14 Å². The Morgan fingerprint density at radius 3 is 2.41 bits per heavy atom. The molecule has 11 heteroatoms. The molecule has 7 nitrogen and oxygen atoms in total. The van der Waals surface area contributed by atoms with Crippen LogP contribution < -0.4 is 5.14 Å². The van der Waals surface area contributed by atoms with Crippen molar-refractivity contribution in [1.82, 2.24) is 4.98 Å². The van der Waals surface area contributed by atoms with Crippen LogP contribution in [-0.4, -0.2) is 18.3 Å². The summed E-state index contributed by atoms with van der Waals surface area (Å²) < 4.78 is 47.4. The lowest BCUT2D eigenvalue weighted by Gasteiger charge is -2.08. The van der Waals surface area contributed by atoms with E-state index < -0.39 is 37.6 Å². The third kappa shape index (κ3) is 2.84. The summed E-state index contributed by atoms with van der Waals surface area (Å²) in [6.07, 6.45) is -2.42. The summed E-state index contributed by atoms with van der Waals surface area (Å²) in [7, 11) is -4.67. The molecule has 1 aromatic heterocycles. The molecular formula is C6H4F2IN3O4S. The van der Waals surface area contributed by atoms with Crippen LogP contribution in [0, 0.1) is 13.7 Å². The number of aromatic nitrogens is 1. The van der Waals surface area contributed by atoms with E-state index in [1.807, 2.05) is 0 Å². The van der Waals surface area contributed by atoms with Crippen molar-refractivity contribution < 1.29 is 22.1 Å². The van der Waals surface area contributed by atoms with Gasteiger partial charge in [-0.3, -0.25) is 0 Å². The van der Waals surface area contributed by atoms with Crippen molar-refractivity contribution in [3.8, 4) is 0 Å². The van der Waals surface area contributed by atoms with Crippen LogP contribution in [0.4, 0.5) is 14.6 Å². The summed E-state index contributed by atoms with van der Waals surface area (Å²) >= 11 is 1.40. The Morgan fingerprint density at radius 1 is 1.53 bits per heavy atom. The number of halogens is 3. The number of pyridine rings is 1. The van der Waals surface area contributed by atoms with Crippen LogP contribution in [0.25, 0.3) is 0 Å². The maximum absolute atomic E-state index is 12.7. The number of rotatable bonds is 3. The van der Waals surface area contributed by atoms with Crippen LogP contribution in [0.2, 0.25) is 0 Å². The molecule has 1 heterocycles. The zero-order chi connectivity index (χ0) is 13.4. The Balaban J connectivity index is 3.82. The zero-order valence-electron chi connectivity index (χ0n) is 7.80. The molecule has 0 radical (unpaired) electrons. The highest BCUT2D eigenvalue weighted by atomic mass is 127. The Morgan fingerprint density at radius 2 is 2.06 bits per heavy atom. The highest BCUT2D eigenvalue weighted by molar-refractivity contribution is 14.1. The molecule has 0 aliphatic carbocycles. The normalized spacial score (nSPS) is 11.8. The monoisotopic (exact) mass is 379 g/mol. The molecule has 0 spiro atoms. The topological polar surface area (TPSA) is 116 Å². The minimum absolute atomic E-state index is 0.216. The van der Waals surface area contributed by atoms with Crippen molar-refractivity contribution in [3.05, 3.63) is 25.4 Å². The van der Waals surface area contributed by atoms with Crippen molar-refractivity contribution >= 4 is 38.4 Å². The fourth-order valence-electron chi connectivity index (χ4n) is 1.09. The first kappa shape index (κ1) is 14.1. The van der Waals surface area contributed by atoms with Gasteiger partial charge < -0.3 is 10.1 Å². The predicted octanol–water partition coefficient (Wildman–Crippen LogP) is 1.18. The van der Waals surface area contributed by atoms with Gasteiger partial charge in [-0.25, -0.2) is 22.3 Å². The first-order chi connectivity index (χ1) is 7.66. The van der Waals surface area contributed by atoms with Gasteiger partial charge in [0.15, 0.2) is 11.1 Å². The van der Waals surface area contributed by atoms with Gasteiger partial charge in [0, 0.05) is 0 Å². The van der Waals surface area contributed by atoms with Crippen LogP contribution in [0.5, 0.6) is 0 Å². The fraction of sp³-hybridized carbons (Fsp3) is 0.167. The largest absolute Gasteiger partial charge is 0.384 e. The quantitative estimate of drug-likeness (QED) is 0.481. The Kier molecular flexibility index (Phi) is 3.93. The molecule has 0 saturated carbocycles. The molecule has 1 rings (SSSR count). The Bertz CT molecular complexity index is 577. The molecule has 0 fully saturated rings. The number of hydrogen-bond donors (Lipinski definition) is 1. The Hall–Kier alpha value is -0.950. The molecule has 0 bridgehead atoms. The van der Waals surface area contributed by atoms with Gasteiger partial charge in [-0.15, -0.1) is 0 Å². The van der Waals surface area contributed by atoms with E-state index in [0.717, 1.165) is 6.20 Å². The Labute approximate surface area is 107 Å². The van der Waals surface area contributed by atoms with E-state index in [1.54, 1.807) is 0 Å². The lowest BCUT2D eigenvalue weighted by atomic mass is 10.2. The van der Waals surface area contributed by atoms with Gasteiger partial charge in [-0.1, -0.05) is 0 Å². The van der Waals surface area contributed by atoms with Gasteiger partial charge in [0.1, 0.15) is 0 Å². The molecule has 94 valence electrons. The molecule has 17 heavy (non-hydrogen) atoms. The fourth-order valence-corrected chi connectivity index (χ4v) is 2.80. The highest BCUT2D eigenvalue weighted by Gasteiger charge is 2.34. The maximum Gasteiger partial charge on any atom is 0.384 e. The van der Waals surface area contributed by atoms with E-state index in [2.05, 4.69) is 4.98 Å². The van der Waals surface area contributed by atoms with Crippen molar-refractivity contribution in [2.45, 2.75) is 11.3 Å². The molecule has 0 saturated heterocycles. The number of hydrogen-bond acceptors (Lipinski definition) is 5. The predicted molar refractivity (Wildman–Crippen MR) is 59.9 cm³/mol. The van der Waals surface area contributed by atoms with E-state index >= 15 is 0 Å². The smallest absolute Gasteiger partial charge is 0.358 e. The second-order valence-corrected chi connectivity index (χ2v) is 5.44. The van der Waals surface area contributed by atoms with Gasteiger partial charge in [0.05, 0.1) is 9.13 Å². The van der Waals surface area contributed by atoms with Crippen molar-refractivity contribution in [1.29, 1.82) is 0 Å². The molecule has 0 aliphatic rings. The lowest BCUT2D eigenvalue weighted by Crippen LogP contribution is -2.18. The highest BCUT2D eigenvalue weighted by Crippen LogP contribution is 2.34. The number of nitrogens with zero attached hydrogens (tertiary/aromatic N) is 2. The number of sulfonamides is 1. The van der Waals surface area contributed by atoms with Gasteiger partial charge in [-0.2, -0.15) is 0 Å². The van der Waals surface area contributed by atoms with Crippen LogP contribution in [0.15, 0.2) is 11.1 Å². The SMILES string of the molecule is NS(=O)(=O)c1c([N+](=O)[O-])ncc(I)c1C(F)F. The van der Waals surface area contributed by atoms with E-state index in [1.165, 1.54) is 22.6 Å². The summed E-state index contributed by atoms with van der Waals surface area (Å²) in [5.41, 5.74) is -1.00. The van der Waals surface area contributed by atoms with Gasteiger partial charge in [-0.05, 0) is 32.5 Å². The first-order valence-electron chi connectivity index (χ1n) is 3.80. The first-order valence-corrected chi connectivity index (χ1v) is 6.42. The molecule has 1 aromatic rings. The third-order valence-electron chi connectivity index (χ3n) is 1.68. The minimum atomic E-state index is -4.67. The van der Waals surface area contributed by atoms with E-state index in [9.17, 15) is 27.3 Å². The average Bonchev–Trinajstić information content (AvgIpc) is 2.14. The summed E-state index contributed by atoms with van der Waals surface area (Å²) in [6.45, 7) is 0. The van der Waals surface area contributed by atoms with Crippen LogP contribution >= 0.6 is 22.6 Å². The molecule has 0 aliphatic heterocycles. The molecule has 2 N–H and O–H groups in total. The third-order valence-corrected chi connectivity index (χ3v) is 3.51. The molecule has 0 amide bonds. The maximum atomic E-state index is 12.7. The average molecular weight is 379 g/mol. The zero-order valence-corrected chi connectivity index (χ0v) is 10.8. The van der Waals surface area contributed by atoms with Crippen LogP contribution in [0.1, 0.15) is 12.0 Å².